The minimum absolute atomic E-state index is 0.0693. The lowest BCUT2D eigenvalue weighted by atomic mass is 9.80. The Labute approximate surface area is 153 Å². The van der Waals surface area contributed by atoms with Crippen LogP contribution in [0.1, 0.15) is 90.4 Å². The molecule has 3 heteroatoms. The second kappa shape index (κ2) is 11.3. The van der Waals surface area contributed by atoms with Crippen LogP contribution in [0.4, 0.5) is 0 Å². The van der Waals surface area contributed by atoms with E-state index in [0.29, 0.717) is 5.92 Å². The van der Waals surface area contributed by atoms with Gasteiger partial charge in [-0.15, -0.1) is 0 Å². The smallest absolute Gasteiger partial charge is 0.309 e. The van der Waals surface area contributed by atoms with Gasteiger partial charge in [0.05, 0.1) is 12.0 Å². The number of hydrogen-bond donors (Lipinski definition) is 0. The minimum Gasteiger partial charge on any atom is -0.462 e. The van der Waals surface area contributed by atoms with Crippen molar-refractivity contribution >= 4 is 5.97 Å². The first-order chi connectivity index (χ1) is 12.2. The van der Waals surface area contributed by atoms with Crippen LogP contribution < -0.4 is 0 Å². The van der Waals surface area contributed by atoms with Crippen molar-refractivity contribution in [3.05, 3.63) is 12.2 Å². The number of carbonyl (C=O) groups excluding carboxylic acids is 1. The lowest BCUT2D eigenvalue weighted by Gasteiger charge is -2.31. The molecule has 0 N–H and O–H groups in total. The monoisotopic (exact) mass is 345 g/mol. The molecule has 2 saturated carbocycles. The van der Waals surface area contributed by atoms with Crippen LogP contribution in [0.3, 0.4) is 0 Å². The maximum atomic E-state index is 12.5. The van der Waals surface area contributed by atoms with Crippen molar-refractivity contribution in [2.24, 2.45) is 17.8 Å². The maximum Gasteiger partial charge on any atom is 0.309 e. The Balaban J connectivity index is 1.61. The van der Waals surface area contributed by atoms with Gasteiger partial charge in [0.15, 0.2) is 0 Å². The fourth-order valence-electron chi connectivity index (χ4n) is 4.45. The lowest BCUT2D eigenvalue weighted by Crippen LogP contribution is -2.30. The Morgan fingerprint density at radius 2 is 1.68 bits per heavy atom. The van der Waals surface area contributed by atoms with E-state index in [-0.39, 0.29) is 18.0 Å². The molecule has 2 aliphatic rings. The van der Waals surface area contributed by atoms with E-state index in [1.807, 2.05) is 12.1 Å². The first kappa shape index (κ1) is 20.0. The summed E-state index contributed by atoms with van der Waals surface area (Å²) in [5.74, 6) is 1.77. The van der Waals surface area contributed by atoms with E-state index in [9.17, 15) is 4.79 Å². The number of rotatable bonds is 8. The van der Waals surface area contributed by atoms with Gasteiger partial charge in [-0.2, -0.15) is 5.26 Å². The summed E-state index contributed by atoms with van der Waals surface area (Å²) in [6, 6.07) is 2.04. The van der Waals surface area contributed by atoms with Gasteiger partial charge in [0.1, 0.15) is 6.10 Å². The molecule has 0 amide bonds. The molecule has 2 rings (SSSR count). The van der Waals surface area contributed by atoms with Crippen LogP contribution in [-0.4, -0.2) is 12.1 Å². The minimum atomic E-state index is 0.0693. The van der Waals surface area contributed by atoms with Crippen LogP contribution in [0.15, 0.2) is 12.2 Å². The van der Waals surface area contributed by atoms with Crippen molar-refractivity contribution in [2.45, 2.75) is 96.5 Å². The van der Waals surface area contributed by atoms with Crippen molar-refractivity contribution < 1.29 is 9.53 Å². The first-order valence-corrected chi connectivity index (χ1v) is 10.5. The van der Waals surface area contributed by atoms with Gasteiger partial charge >= 0.3 is 5.97 Å². The van der Waals surface area contributed by atoms with E-state index in [4.69, 9.17) is 10.00 Å². The van der Waals surface area contributed by atoms with Gasteiger partial charge in [-0.25, -0.2) is 0 Å². The number of unbranched alkanes of at least 4 members (excludes halogenated alkanes) is 1. The molecule has 0 radical (unpaired) electrons. The van der Waals surface area contributed by atoms with Crippen LogP contribution in [0.25, 0.3) is 0 Å². The zero-order valence-electron chi connectivity index (χ0n) is 15.9. The van der Waals surface area contributed by atoms with Gasteiger partial charge in [-0.1, -0.05) is 32.3 Å². The number of carbonyl (C=O) groups is 1. The molecule has 2 fully saturated rings. The fraction of sp³-hybridized carbons (Fsp3) is 0.818. The number of nitriles is 1. The second-order valence-corrected chi connectivity index (χ2v) is 8.05. The van der Waals surface area contributed by atoms with E-state index in [1.165, 1.54) is 32.1 Å². The van der Waals surface area contributed by atoms with Crippen molar-refractivity contribution in [3.8, 4) is 6.07 Å². The average Bonchev–Trinajstić information content (AvgIpc) is 2.65. The molecule has 0 spiro atoms. The molecule has 3 nitrogen and oxygen atoms in total. The molecule has 0 atom stereocenters. The topological polar surface area (TPSA) is 50.1 Å². The number of hydrogen-bond acceptors (Lipinski definition) is 3. The number of nitrogens with zero attached hydrogens (tertiary/aromatic N) is 1. The normalized spacial score (nSPS) is 30.1. The van der Waals surface area contributed by atoms with Gasteiger partial charge in [-0.3, -0.25) is 4.79 Å². The molecule has 0 aliphatic heterocycles. The number of esters is 1. The summed E-state index contributed by atoms with van der Waals surface area (Å²) >= 11 is 0. The molecule has 140 valence electrons. The SMILES string of the molecule is CCCCC1CCC(OC(=O)C2CCC(CC/C=C/C#N)CC2)CC1. The van der Waals surface area contributed by atoms with Crippen LogP contribution in [0, 0.1) is 29.1 Å². The Morgan fingerprint density at radius 3 is 2.32 bits per heavy atom. The predicted octanol–water partition coefficient (Wildman–Crippen LogP) is 5.94. The second-order valence-electron chi connectivity index (χ2n) is 8.05. The predicted molar refractivity (Wildman–Crippen MR) is 101 cm³/mol. The highest BCUT2D eigenvalue weighted by Crippen LogP contribution is 2.34. The molecule has 25 heavy (non-hydrogen) atoms. The Kier molecular flexibility index (Phi) is 9.08. The van der Waals surface area contributed by atoms with E-state index in [0.717, 1.165) is 57.3 Å². The highest BCUT2D eigenvalue weighted by molar-refractivity contribution is 5.72. The molecule has 0 saturated heterocycles. The maximum absolute atomic E-state index is 12.5. The highest BCUT2D eigenvalue weighted by Gasteiger charge is 2.30. The molecular formula is C22H35NO2. The van der Waals surface area contributed by atoms with Crippen molar-refractivity contribution in [2.75, 3.05) is 0 Å². The summed E-state index contributed by atoms with van der Waals surface area (Å²) in [4.78, 5) is 12.5. The van der Waals surface area contributed by atoms with E-state index >= 15 is 0 Å². The van der Waals surface area contributed by atoms with E-state index in [1.54, 1.807) is 6.08 Å². The highest BCUT2D eigenvalue weighted by atomic mass is 16.5. The van der Waals surface area contributed by atoms with Crippen LogP contribution in [-0.2, 0) is 9.53 Å². The third-order valence-electron chi connectivity index (χ3n) is 6.16. The summed E-state index contributed by atoms with van der Waals surface area (Å²) in [5.41, 5.74) is 0. The summed E-state index contributed by atoms with van der Waals surface area (Å²) < 4.78 is 5.85. The summed E-state index contributed by atoms with van der Waals surface area (Å²) in [6.45, 7) is 2.26. The van der Waals surface area contributed by atoms with Crippen molar-refractivity contribution in [1.82, 2.24) is 0 Å². The standard InChI is InChI=1S/C22H35NO2/c1-2-3-7-18-11-15-21(16-12-18)25-22(24)20-13-9-19(10-14-20)8-5-4-6-17-23/h4,6,18-21H,2-3,5,7-16H2,1H3/b6-4+. The fourth-order valence-corrected chi connectivity index (χ4v) is 4.45. The number of ether oxygens (including phenoxy) is 1. The molecular weight excluding hydrogens is 310 g/mol. The van der Waals surface area contributed by atoms with Gasteiger partial charge in [0.2, 0.25) is 0 Å². The molecule has 0 aromatic heterocycles. The molecule has 0 bridgehead atoms. The summed E-state index contributed by atoms with van der Waals surface area (Å²) in [5, 5.41) is 8.50. The molecule has 2 aliphatic carbocycles. The third kappa shape index (κ3) is 7.22. The lowest BCUT2D eigenvalue weighted by molar-refractivity contribution is -0.157. The zero-order chi connectivity index (χ0) is 17.9. The van der Waals surface area contributed by atoms with Gasteiger partial charge in [-0.05, 0) is 76.0 Å². The summed E-state index contributed by atoms with van der Waals surface area (Å²) in [7, 11) is 0. The van der Waals surface area contributed by atoms with Crippen LogP contribution in [0.2, 0.25) is 0 Å². The Bertz CT molecular complexity index is 449. The molecule has 0 heterocycles. The third-order valence-corrected chi connectivity index (χ3v) is 6.16. The quantitative estimate of drug-likeness (QED) is 0.404. The largest absolute Gasteiger partial charge is 0.462 e. The van der Waals surface area contributed by atoms with Crippen molar-refractivity contribution in [1.29, 1.82) is 5.26 Å². The number of allylic oxidation sites excluding steroid dienone is 2. The Morgan fingerprint density at radius 1 is 1.04 bits per heavy atom. The van der Waals surface area contributed by atoms with Gasteiger partial charge in [0.25, 0.3) is 0 Å². The Hall–Kier alpha value is -1.30. The van der Waals surface area contributed by atoms with E-state index in [2.05, 4.69) is 6.92 Å². The van der Waals surface area contributed by atoms with Crippen LogP contribution >= 0.6 is 0 Å². The molecule has 0 unspecified atom stereocenters. The van der Waals surface area contributed by atoms with Crippen LogP contribution in [0.5, 0.6) is 0 Å². The van der Waals surface area contributed by atoms with Gasteiger partial charge in [0, 0.05) is 6.08 Å². The van der Waals surface area contributed by atoms with Gasteiger partial charge < -0.3 is 4.74 Å². The average molecular weight is 346 g/mol. The summed E-state index contributed by atoms with van der Waals surface area (Å²) in [6.07, 6.45) is 18.6. The van der Waals surface area contributed by atoms with E-state index < -0.39 is 0 Å². The first-order valence-electron chi connectivity index (χ1n) is 10.5. The molecule has 0 aromatic carbocycles. The molecule has 0 aromatic rings. The van der Waals surface area contributed by atoms with Crippen molar-refractivity contribution in [3.63, 3.8) is 0 Å². The zero-order valence-corrected chi connectivity index (χ0v) is 15.9.